The second kappa shape index (κ2) is 2.42. The highest BCUT2D eigenvalue weighted by Gasteiger charge is 2.30. The van der Waals surface area contributed by atoms with Gasteiger partial charge in [0, 0.05) is 31.5 Å². The molecule has 0 aromatic carbocycles. The van der Waals surface area contributed by atoms with E-state index in [1.807, 2.05) is 7.05 Å². The summed E-state index contributed by atoms with van der Waals surface area (Å²) in [4.78, 5) is 5.24. The first kappa shape index (κ1) is 7.98. The van der Waals surface area contributed by atoms with Crippen LogP contribution in [0.3, 0.4) is 0 Å². The van der Waals surface area contributed by atoms with E-state index >= 15 is 0 Å². The van der Waals surface area contributed by atoms with Crippen LogP contribution in [0.2, 0.25) is 0 Å². The summed E-state index contributed by atoms with van der Waals surface area (Å²) in [6.07, 6.45) is 1.08. The monoisotopic (exact) mass is 183 g/mol. The fourth-order valence-corrected chi connectivity index (χ4v) is 2.36. The highest BCUT2D eigenvalue weighted by atomic mass is 32.1. The summed E-state index contributed by atoms with van der Waals surface area (Å²) >= 11 is 1.50. The lowest BCUT2D eigenvalue weighted by molar-refractivity contribution is 0.356. The van der Waals surface area contributed by atoms with Crippen LogP contribution >= 0.6 is 11.5 Å². The Labute approximate surface area is 75.9 Å². The third-order valence-electron chi connectivity index (χ3n) is 2.19. The van der Waals surface area contributed by atoms with Crippen molar-refractivity contribution in [3.63, 3.8) is 0 Å². The van der Waals surface area contributed by atoms with Gasteiger partial charge in [-0.1, -0.05) is 13.8 Å². The Bertz CT molecular complexity index is 359. The molecule has 66 valence electrons. The van der Waals surface area contributed by atoms with Gasteiger partial charge in [-0.05, 0) is 5.41 Å². The number of hydrogen-bond donors (Lipinski definition) is 0. The smallest absolute Gasteiger partial charge is 0.203 e. The molecule has 0 N–H and O–H groups in total. The third-order valence-corrected chi connectivity index (χ3v) is 3.06. The van der Waals surface area contributed by atoms with Crippen LogP contribution in [0.5, 0.6) is 0 Å². The second-order valence-electron chi connectivity index (χ2n) is 4.03. The fourth-order valence-electron chi connectivity index (χ4n) is 1.66. The van der Waals surface area contributed by atoms with Gasteiger partial charge in [-0.15, -0.1) is 0 Å². The predicted octanol–water partition coefficient (Wildman–Crippen LogP) is 1.06. The standard InChI is InChI=1S/C8H13N3S/c1-8(2)4-6-10-12-7(9-3)11(6)5-8/h4-5H2,1-3H3/b9-7-. The molecule has 4 heteroatoms. The van der Waals surface area contributed by atoms with Crippen LogP contribution in [0.1, 0.15) is 19.7 Å². The normalized spacial score (nSPS) is 21.4. The van der Waals surface area contributed by atoms with E-state index in [4.69, 9.17) is 0 Å². The Morgan fingerprint density at radius 2 is 2.33 bits per heavy atom. The van der Waals surface area contributed by atoms with Gasteiger partial charge in [-0.3, -0.25) is 4.99 Å². The first-order valence-corrected chi connectivity index (χ1v) is 4.88. The molecule has 0 bridgehead atoms. The molecule has 1 aliphatic rings. The highest BCUT2D eigenvalue weighted by Crippen LogP contribution is 2.29. The number of fused-ring (bicyclic) bond motifs is 1. The second-order valence-corrected chi connectivity index (χ2v) is 4.76. The molecule has 1 aromatic rings. The Kier molecular flexibility index (Phi) is 1.61. The lowest BCUT2D eigenvalue weighted by Crippen LogP contribution is -2.18. The average Bonchev–Trinajstić information content (AvgIpc) is 2.42. The van der Waals surface area contributed by atoms with E-state index in [0.717, 1.165) is 17.8 Å². The number of rotatable bonds is 0. The molecule has 0 aliphatic carbocycles. The van der Waals surface area contributed by atoms with Gasteiger partial charge >= 0.3 is 0 Å². The third kappa shape index (κ3) is 1.10. The molecule has 2 heterocycles. The molecular formula is C8H13N3S. The van der Waals surface area contributed by atoms with Gasteiger partial charge in [0.15, 0.2) is 0 Å². The minimum Gasteiger partial charge on any atom is -0.304 e. The Morgan fingerprint density at radius 1 is 1.58 bits per heavy atom. The van der Waals surface area contributed by atoms with Crippen LogP contribution in [0, 0.1) is 5.41 Å². The Morgan fingerprint density at radius 3 is 3.00 bits per heavy atom. The van der Waals surface area contributed by atoms with E-state index in [1.54, 1.807) is 0 Å². The first-order valence-electron chi connectivity index (χ1n) is 4.11. The van der Waals surface area contributed by atoms with E-state index in [0.29, 0.717) is 5.41 Å². The van der Waals surface area contributed by atoms with Crippen LogP contribution in [0.15, 0.2) is 4.99 Å². The topological polar surface area (TPSA) is 30.2 Å². The zero-order valence-electron chi connectivity index (χ0n) is 7.66. The first-order chi connectivity index (χ1) is 5.62. The average molecular weight is 183 g/mol. The van der Waals surface area contributed by atoms with Crippen molar-refractivity contribution in [2.45, 2.75) is 26.8 Å². The molecular weight excluding hydrogens is 170 g/mol. The maximum absolute atomic E-state index is 4.37. The summed E-state index contributed by atoms with van der Waals surface area (Å²) in [6.45, 7) is 5.60. The molecule has 2 rings (SSSR count). The van der Waals surface area contributed by atoms with Gasteiger partial charge in [0.1, 0.15) is 5.82 Å². The summed E-state index contributed by atoms with van der Waals surface area (Å²) in [5, 5.41) is 0. The molecule has 0 amide bonds. The largest absolute Gasteiger partial charge is 0.304 e. The van der Waals surface area contributed by atoms with Crippen molar-refractivity contribution in [2.75, 3.05) is 7.05 Å². The fraction of sp³-hybridized carbons (Fsp3) is 0.750. The highest BCUT2D eigenvalue weighted by molar-refractivity contribution is 7.02. The number of nitrogens with zero attached hydrogens (tertiary/aromatic N) is 3. The van der Waals surface area contributed by atoms with Crippen molar-refractivity contribution in [3.8, 4) is 0 Å². The summed E-state index contributed by atoms with van der Waals surface area (Å²) in [5.41, 5.74) is 0.371. The molecule has 0 radical (unpaired) electrons. The van der Waals surface area contributed by atoms with Gasteiger partial charge in [0.05, 0.1) is 0 Å². The minimum absolute atomic E-state index is 0.371. The molecule has 0 unspecified atom stereocenters. The van der Waals surface area contributed by atoms with Gasteiger partial charge in [0.2, 0.25) is 4.80 Å². The lowest BCUT2D eigenvalue weighted by Gasteiger charge is -2.13. The van der Waals surface area contributed by atoms with Crippen LogP contribution in [-0.2, 0) is 13.0 Å². The summed E-state index contributed by atoms with van der Waals surface area (Å²) < 4.78 is 6.60. The van der Waals surface area contributed by atoms with Crippen molar-refractivity contribution in [3.05, 3.63) is 10.6 Å². The van der Waals surface area contributed by atoms with Crippen LogP contribution in [0.25, 0.3) is 0 Å². The Hall–Kier alpha value is -0.640. The maximum Gasteiger partial charge on any atom is 0.203 e. The Balaban J connectivity index is 2.51. The lowest BCUT2D eigenvalue weighted by atomic mass is 9.92. The van der Waals surface area contributed by atoms with Crippen LogP contribution < -0.4 is 4.80 Å². The number of hydrogen-bond acceptors (Lipinski definition) is 3. The van der Waals surface area contributed by atoms with Crippen LogP contribution in [-0.4, -0.2) is 16.0 Å². The van der Waals surface area contributed by atoms with Gasteiger partial charge in [0.25, 0.3) is 0 Å². The van der Waals surface area contributed by atoms with Gasteiger partial charge < -0.3 is 4.57 Å². The molecule has 12 heavy (non-hydrogen) atoms. The summed E-state index contributed by atoms with van der Waals surface area (Å²) in [6, 6.07) is 0. The molecule has 0 saturated heterocycles. The predicted molar refractivity (Wildman–Crippen MR) is 49.1 cm³/mol. The van der Waals surface area contributed by atoms with E-state index in [9.17, 15) is 0 Å². The molecule has 0 fully saturated rings. The molecule has 1 aliphatic heterocycles. The van der Waals surface area contributed by atoms with Gasteiger partial charge in [-0.25, -0.2) is 0 Å². The molecule has 3 nitrogen and oxygen atoms in total. The summed E-state index contributed by atoms with van der Waals surface area (Å²) in [5.74, 6) is 1.20. The van der Waals surface area contributed by atoms with E-state index in [-0.39, 0.29) is 0 Å². The van der Waals surface area contributed by atoms with Crippen molar-refractivity contribution in [1.82, 2.24) is 8.94 Å². The molecule has 0 spiro atoms. The van der Waals surface area contributed by atoms with E-state index < -0.39 is 0 Å². The molecule has 0 atom stereocenters. The molecule has 0 saturated carbocycles. The SMILES string of the molecule is C/N=c1\snc2n1CC(C)(C)C2. The zero-order valence-corrected chi connectivity index (χ0v) is 8.48. The molecule has 1 aromatic heterocycles. The maximum atomic E-state index is 4.37. The van der Waals surface area contributed by atoms with E-state index in [2.05, 4.69) is 27.8 Å². The van der Waals surface area contributed by atoms with Crippen molar-refractivity contribution in [1.29, 1.82) is 0 Å². The van der Waals surface area contributed by atoms with Gasteiger partial charge in [-0.2, -0.15) is 4.37 Å². The minimum atomic E-state index is 0.371. The van der Waals surface area contributed by atoms with Crippen molar-refractivity contribution >= 4 is 11.5 Å². The van der Waals surface area contributed by atoms with E-state index in [1.165, 1.54) is 17.4 Å². The van der Waals surface area contributed by atoms with Crippen molar-refractivity contribution in [2.24, 2.45) is 10.4 Å². The zero-order chi connectivity index (χ0) is 8.77. The van der Waals surface area contributed by atoms with Crippen molar-refractivity contribution < 1.29 is 0 Å². The quantitative estimate of drug-likeness (QED) is 0.591. The number of aromatic nitrogens is 2. The van der Waals surface area contributed by atoms with Crippen LogP contribution in [0.4, 0.5) is 0 Å². The summed E-state index contributed by atoms with van der Waals surface area (Å²) in [7, 11) is 1.83.